The van der Waals surface area contributed by atoms with E-state index in [4.69, 9.17) is 4.74 Å². The third-order valence-electron chi connectivity index (χ3n) is 4.32. The van der Waals surface area contributed by atoms with E-state index in [0.29, 0.717) is 18.6 Å². The molecule has 0 aromatic carbocycles. The Kier molecular flexibility index (Phi) is 7.13. The van der Waals surface area contributed by atoms with Crippen LogP contribution < -0.4 is 0 Å². The Bertz CT molecular complexity index is 386. The molecule has 1 aliphatic rings. The number of hydrogen-bond donors (Lipinski definition) is 1. The molecule has 0 aliphatic heterocycles. The minimum absolute atomic E-state index is 0.181. The quantitative estimate of drug-likeness (QED) is 0.799. The molecule has 2 rings (SSSR count). The number of aromatic nitrogens is 1. The van der Waals surface area contributed by atoms with Crippen molar-refractivity contribution in [3.05, 3.63) is 30.1 Å². The largest absolute Gasteiger partial charge is 0.395 e. The Balaban J connectivity index is 1.74. The van der Waals surface area contributed by atoms with Gasteiger partial charge in [-0.25, -0.2) is 0 Å². The van der Waals surface area contributed by atoms with Gasteiger partial charge in [-0.1, -0.05) is 25.8 Å². The first kappa shape index (κ1) is 16.4. The topological polar surface area (TPSA) is 45.6 Å². The number of aliphatic hydroxyl groups excluding tert-OH is 1. The van der Waals surface area contributed by atoms with Gasteiger partial charge in [0.05, 0.1) is 19.3 Å². The summed E-state index contributed by atoms with van der Waals surface area (Å²) in [4.78, 5) is 6.37. The molecule has 1 aliphatic carbocycles. The second-order valence-corrected chi connectivity index (χ2v) is 6.03. The van der Waals surface area contributed by atoms with Crippen LogP contribution in [0.25, 0.3) is 0 Å². The molecule has 0 radical (unpaired) electrons. The highest BCUT2D eigenvalue weighted by Gasteiger charge is 2.21. The Morgan fingerprint density at radius 2 is 2.19 bits per heavy atom. The summed E-state index contributed by atoms with van der Waals surface area (Å²) in [7, 11) is 0. The number of nitrogens with zero attached hydrogens (tertiary/aromatic N) is 2. The molecule has 1 N–H and O–H groups in total. The number of hydrogen-bond acceptors (Lipinski definition) is 4. The summed E-state index contributed by atoms with van der Waals surface area (Å²) >= 11 is 0. The lowest BCUT2D eigenvalue weighted by molar-refractivity contribution is -0.0156. The highest BCUT2D eigenvalue weighted by molar-refractivity contribution is 5.08. The summed E-state index contributed by atoms with van der Waals surface area (Å²) in [5.74, 6) is 0.684. The second kappa shape index (κ2) is 9.13. The van der Waals surface area contributed by atoms with Gasteiger partial charge < -0.3 is 9.84 Å². The average molecular weight is 292 g/mol. The van der Waals surface area contributed by atoms with Crippen LogP contribution in [0.15, 0.2) is 24.5 Å². The van der Waals surface area contributed by atoms with Crippen LogP contribution in [-0.4, -0.2) is 47.4 Å². The smallest absolute Gasteiger partial charge is 0.0601 e. The molecule has 1 aromatic heterocycles. The normalized spacial score (nSPS) is 22.6. The van der Waals surface area contributed by atoms with Crippen molar-refractivity contribution in [1.82, 2.24) is 9.88 Å². The van der Waals surface area contributed by atoms with Gasteiger partial charge in [0.15, 0.2) is 0 Å². The summed E-state index contributed by atoms with van der Waals surface area (Å²) < 4.78 is 6.07. The number of ether oxygens (including phenoxy) is 1. The zero-order chi connectivity index (χ0) is 14.9. The van der Waals surface area contributed by atoms with E-state index in [1.807, 2.05) is 12.3 Å². The van der Waals surface area contributed by atoms with Crippen molar-refractivity contribution >= 4 is 0 Å². The monoisotopic (exact) mass is 292 g/mol. The number of rotatable bonds is 8. The lowest BCUT2D eigenvalue weighted by Crippen LogP contribution is -2.33. The molecule has 1 fully saturated rings. The fraction of sp³-hybridized carbons (Fsp3) is 0.706. The van der Waals surface area contributed by atoms with Crippen LogP contribution in [0.4, 0.5) is 0 Å². The van der Waals surface area contributed by atoms with E-state index < -0.39 is 0 Å². The SMILES string of the molecule is CC1CCCCC1OCCN(CCO)Cc1cccnc1. The second-order valence-electron chi connectivity index (χ2n) is 6.03. The van der Waals surface area contributed by atoms with Crippen LogP contribution in [0.2, 0.25) is 0 Å². The van der Waals surface area contributed by atoms with Crippen molar-refractivity contribution in [2.45, 2.75) is 45.3 Å². The fourth-order valence-electron chi connectivity index (χ4n) is 3.02. The van der Waals surface area contributed by atoms with E-state index in [-0.39, 0.29) is 6.61 Å². The maximum absolute atomic E-state index is 9.21. The van der Waals surface area contributed by atoms with E-state index in [9.17, 15) is 5.11 Å². The van der Waals surface area contributed by atoms with Crippen molar-refractivity contribution in [3.63, 3.8) is 0 Å². The maximum Gasteiger partial charge on any atom is 0.0601 e. The van der Waals surface area contributed by atoms with Gasteiger partial charge in [0.1, 0.15) is 0 Å². The van der Waals surface area contributed by atoms with Gasteiger partial charge in [-0.05, 0) is 30.4 Å². The molecule has 1 heterocycles. The zero-order valence-corrected chi connectivity index (χ0v) is 13.1. The van der Waals surface area contributed by atoms with Crippen molar-refractivity contribution in [3.8, 4) is 0 Å². The summed E-state index contributed by atoms with van der Waals surface area (Å²) in [6, 6.07) is 4.02. The molecule has 0 saturated heterocycles. The highest BCUT2D eigenvalue weighted by Crippen LogP contribution is 2.26. The molecule has 21 heavy (non-hydrogen) atoms. The Labute approximate surface area is 128 Å². The lowest BCUT2D eigenvalue weighted by atomic mass is 9.88. The van der Waals surface area contributed by atoms with Gasteiger partial charge in [-0.3, -0.25) is 9.88 Å². The lowest BCUT2D eigenvalue weighted by Gasteiger charge is -2.30. The maximum atomic E-state index is 9.21. The first-order chi connectivity index (χ1) is 10.3. The number of pyridine rings is 1. The van der Waals surface area contributed by atoms with Crippen LogP contribution in [0, 0.1) is 5.92 Å². The molecular weight excluding hydrogens is 264 g/mol. The van der Waals surface area contributed by atoms with E-state index in [1.54, 1.807) is 6.20 Å². The number of aliphatic hydroxyl groups is 1. The molecule has 2 atom stereocenters. The Morgan fingerprint density at radius 1 is 1.33 bits per heavy atom. The van der Waals surface area contributed by atoms with Crippen molar-refractivity contribution in [2.75, 3.05) is 26.3 Å². The van der Waals surface area contributed by atoms with E-state index in [2.05, 4.69) is 22.9 Å². The van der Waals surface area contributed by atoms with Crippen molar-refractivity contribution in [2.24, 2.45) is 5.92 Å². The van der Waals surface area contributed by atoms with Crippen LogP contribution >= 0.6 is 0 Å². The minimum Gasteiger partial charge on any atom is -0.395 e. The zero-order valence-electron chi connectivity index (χ0n) is 13.1. The standard InChI is InChI=1S/C17H28N2O2/c1-15-5-2-3-7-17(15)21-12-10-19(9-11-20)14-16-6-4-8-18-13-16/h4,6,8,13,15,17,20H,2-3,5,7,9-12,14H2,1H3. The van der Waals surface area contributed by atoms with E-state index in [1.165, 1.54) is 31.2 Å². The van der Waals surface area contributed by atoms with Gasteiger partial charge in [-0.15, -0.1) is 0 Å². The first-order valence-corrected chi connectivity index (χ1v) is 8.13. The predicted molar refractivity (Wildman–Crippen MR) is 84.0 cm³/mol. The van der Waals surface area contributed by atoms with E-state index in [0.717, 1.165) is 19.7 Å². The van der Waals surface area contributed by atoms with Crippen LogP contribution in [-0.2, 0) is 11.3 Å². The fourth-order valence-corrected chi connectivity index (χ4v) is 3.02. The van der Waals surface area contributed by atoms with Gasteiger partial charge in [0, 0.05) is 32.0 Å². The van der Waals surface area contributed by atoms with Gasteiger partial charge in [0.2, 0.25) is 0 Å². The molecule has 118 valence electrons. The van der Waals surface area contributed by atoms with Gasteiger partial charge in [-0.2, -0.15) is 0 Å². The molecule has 4 nitrogen and oxygen atoms in total. The molecule has 4 heteroatoms. The van der Waals surface area contributed by atoms with Gasteiger partial charge in [0.25, 0.3) is 0 Å². The van der Waals surface area contributed by atoms with Crippen LogP contribution in [0.3, 0.4) is 0 Å². The van der Waals surface area contributed by atoms with Crippen LogP contribution in [0.1, 0.15) is 38.2 Å². The third-order valence-corrected chi connectivity index (χ3v) is 4.32. The van der Waals surface area contributed by atoms with Crippen molar-refractivity contribution < 1.29 is 9.84 Å². The van der Waals surface area contributed by atoms with E-state index >= 15 is 0 Å². The Hall–Kier alpha value is -0.970. The summed E-state index contributed by atoms with van der Waals surface area (Å²) in [5, 5.41) is 9.21. The summed E-state index contributed by atoms with van der Waals surface area (Å²) in [5.41, 5.74) is 1.18. The van der Waals surface area contributed by atoms with Crippen LogP contribution in [0.5, 0.6) is 0 Å². The molecule has 0 amide bonds. The molecule has 0 spiro atoms. The molecule has 1 saturated carbocycles. The van der Waals surface area contributed by atoms with Crippen molar-refractivity contribution in [1.29, 1.82) is 0 Å². The predicted octanol–water partition coefficient (Wildman–Crippen LogP) is 2.47. The molecular formula is C17H28N2O2. The van der Waals surface area contributed by atoms with Gasteiger partial charge >= 0.3 is 0 Å². The molecule has 0 bridgehead atoms. The summed E-state index contributed by atoms with van der Waals surface area (Å²) in [6.45, 7) is 5.58. The molecule has 2 unspecified atom stereocenters. The average Bonchev–Trinajstić information content (AvgIpc) is 2.50. The minimum atomic E-state index is 0.181. The highest BCUT2D eigenvalue weighted by atomic mass is 16.5. The summed E-state index contributed by atoms with van der Waals surface area (Å²) in [6.07, 6.45) is 9.23. The Morgan fingerprint density at radius 3 is 2.90 bits per heavy atom. The third kappa shape index (κ3) is 5.73. The first-order valence-electron chi connectivity index (χ1n) is 8.13. The molecule has 1 aromatic rings.